The van der Waals surface area contributed by atoms with Gasteiger partial charge in [0.1, 0.15) is 11.1 Å². The summed E-state index contributed by atoms with van der Waals surface area (Å²) >= 11 is 12.2. The van der Waals surface area contributed by atoms with E-state index in [2.05, 4.69) is 0 Å². The minimum absolute atomic E-state index is 0.116. The minimum Gasteiger partial charge on any atom is -0.496 e. The van der Waals surface area contributed by atoms with Crippen molar-refractivity contribution in [3.8, 4) is 5.75 Å². The lowest BCUT2D eigenvalue weighted by Crippen LogP contribution is -2.27. The van der Waals surface area contributed by atoms with Gasteiger partial charge in [-0.15, -0.1) is 11.6 Å². The molecule has 3 nitrogen and oxygen atoms in total. The van der Waals surface area contributed by atoms with Gasteiger partial charge < -0.3 is 9.64 Å². The molecule has 1 amide bonds. The predicted molar refractivity (Wildman–Crippen MR) is 84.2 cm³/mol. The summed E-state index contributed by atoms with van der Waals surface area (Å²) in [6.07, 6.45) is 0. The van der Waals surface area contributed by atoms with Gasteiger partial charge in [0.25, 0.3) is 0 Å². The third-order valence-electron chi connectivity index (χ3n) is 3.56. The summed E-state index contributed by atoms with van der Waals surface area (Å²) in [5.41, 5.74) is 2.58. The monoisotopic (exact) mass is 321 g/mol. The first-order valence-electron chi connectivity index (χ1n) is 6.48. The fraction of sp³-hybridized carbons (Fsp3) is 0.188. The molecule has 0 aromatic heterocycles. The van der Waals surface area contributed by atoms with Gasteiger partial charge in [-0.25, -0.2) is 0 Å². The molecule has 0 N–H and O–H groups in total. The number of carbonyl (C=O) groups excluding carboxylic acids is 1. The van der Waals surface area contributed by atoms with Crippen LogP contribution in [0.1, 0.15) is 16.5 Å². The number of ether oxygens (including phenoxy) is 1. The number of hydrogen-bond acceptors (Lipinski definition) is 2. The predicted octanol–water partition coefficient (Wildman–Crippen LogP) is 4.18. The van der Waals surface area contributed by atoms with E-state index in [-0.39, 0.29) is 5.91 Å². The second-order valence-electron chi connectivity index (χ2n) is 4.80. The molecule has 1 aliphatic rings. The highest BCUT2D eigenvalue weighted by molar-refractivity contribution is 6.35. The second kappa shape index (κ2) is 5.58. The Morgan fingerprint density at radius 2 is 2.00 bits per heavy atom. The Balaban J connectivity index is 1.97. The van der Waals surface area contributed by atoms with Crippen molar-refractivity contribution in [3.05, 3.63) is 58.6 Å². The smallest absolute Gasteiger partial charge is 0.249 e. The Morgan fingerprint density at radius 1 is 1.24 bits per heavy atom. The van der Waals surface area contributed by atoms with Gasteiger partial charge in [0.2, 0.25) is 5.91 Å². The van der Waals surface area contributed by atoms with Crippen molar-refractivity contribution >= 4 is 34.8 Å². The fourth-order valence-electron chi connectivity index (χ4n) is 2.52. The molecular formula is C16H13Cl2NO2. The second-order valence-corrected chi connectivity index (χ2v) is 5.67. The van der Waals surface area contributed by atoms with Crippen LogP contribution in [0.4, 0.5) is 5.69 Å². The van der Waals surface area contributed by atoms with Gasteiger partial charge >= 0.3 is 0 Å². The summed E-state index contributed by atoms with van der Waals surface area (Å²) in [4.78, 5) is 14.0. The van der Waals surface area contributed by atoms with E-state index in [0.29, 0.717) is 17.3 Å². The molecule has 1 atom stereocenters. The summed E-state index contributed by atoms with van der Waals surface area (Å²) < 4.78 is 5.33. The van der Waals surface area contributed by atoms with Crippen LogP contribution in [0.25, 0.3) is 0 Å². The van der Waals surface area contributed by atoms with Gasteiger partial charge in [0, 0.05) is 21.8 Å². The van der Waals surface area contributed by atoms with Crippen LogP contribution in [0, 0.1) is 0 Å². The number of fused-ring (bicyclic) bond motifs is 1. The average Bonchev–Trinajstić information content (AvgIpc) is 2.74. The Kier molecular flexibility index (Phi) is 3.79. The zero-order chi connectivity index (χ0) is 15.0. The highest BCUT2D eigenvalue weighted by Gasteiger charge is 2.35. The first-order chi connectivity index (χ1) is 10.1. The summed E-state index contributed by atoms with van der Waals surface area (Å²) in [5.74, 6) is 0.542. The first-order valence-corrected chi connectivity index (χ1v) is 7.30. The molecule has 0 aliphatic carbocycles. The average molecular weight is 322 g/mol. The number of para-hydroxylation sites is 1. The van der Waals surface area contributed by atoms with Crippen molar-refractivity contribution in [2.75, 3.05) is 12.0 Å². The van der Waals surface area contributed by atoms with Crippen LogP contribution in [0.2, 0.25) is 5.02 Å². The zero-order valence-corrected chi connectivity index (χ0v) is 12.9. The molecule has 0 saturated carbocycles. The first kappa shape index (κ1) is 14.2. The van der Waals surface area contributed by atoms with E-state index in [4.69, 9.17) is 27.9 Å². The molecule has 21 heavy (non-hydrogen) atoms. The molecule has 0 radical (unpaired) electrons. The van der Waals surface area contributed by atoms with Gasteiger partial charge in [-0.1, -0.05) is 35.9 Å². The van der Waals surface area contributed by atoms with Gasteiger partial charge in [0.05, 0.1) is 13.7 Å². The third kappa shape index (κ3) is 2.47. The minimum atomic E-state index is -0.625. The summed E-state index contributed by atoms with van der Waals surface area (Å²) in [7, 11) is 1.58. The fourth-order valence-corrected chi connectivity index (χ4v) is 2.98. The van der Waals surface area contributed by atoms with Crippen LogP contribution in [-0.4, -0.2) is 13.0 Å². The number of carbonyl (C=O) groups is 1. The number of hydrogen-bond donors (Lipinski definition) is 0. The zero-order valence-electron chi connectivity index (χ0n) is 11.3. The summed E-state index contributed by atoms with van der Waals surface area (Å²) in [6, 6.07) is 12.9. The maximum absolute atomic E-state index is 12.4. The highest BCUT2D eigenvalue weighted by Crippen LogP contribution is 2.41. The lowest BCUT2D eigenvalue weighted by atomic mass is 10.1. The van der Waals surface area contributed by atoms with E-state index < -0.39 is 5.38 Å². The SMILES string of the molecule is COc1cc(Cl)ccc1CN1C(=O)C(Cl)c2ccccc21. The molecule has 0 bridgehead atoms. The molecule has 108 valence electrons. The van der Waals surface area contributed by atoms with Crippen LogP contribution < -0.4 is 9.64 Å². The number of rotatable bonds is 3. The number of nitrogens with zero attached hydrogens (tertiary/aromatic N) is 1. The summed E-state index contributed by atoms with van der Waals surface area (Å²) in [5, 5.41) is -0.0292. The normalized spacial score (nSPS) is 17.0. The molecule has 1 heterocycles. The largest absolute Gasteiger partial charge is 0.496 e. The molecule has 2 aromatic rings. The van der Waals surface area contributed by atoms with E-state index >= 15 is 0 Å². The standard InChI is InChI=1S/C16H13Cl2NO2/c1-21-14-8-11(17)7-6-10(14)9-19-13-5-3-2-4-12(13)15(18)16(19)20/h2-8,15H,9H2,1H3. The van der Waals surface area contributed by atoms with Crippen LogP contribution in [0.15, 0.2) is 42.5 Å². The molecule has 0 saturated heterocycles. The number of methoxy groups -OCH3 is 1. The molecule has 2 aromatic carbocycles. The molecule has 0 fully saturated rings. The summed E-state index contributed by atoms with van der Waals surface area (Å²) in [6.45, 7) is 0.402. The van der Waals surface area contributed by atoms with E-state index in [1.165, 1.54) is 0 Å². The van der Waals surface area contributed by atoms with Crippen molar-refractivity contribution in [2.45, 2.75) is 11.9 Å². The van der Waals surface area contributed by atoms with Crippen molar-refractivity contribution < 1.29 is 9.53 Å². The van der Waals surface area contributed by atoms with E-state index in [9.17, 15) is 4.79 Å². The molecule has 3 rings (SSSR count). The number of halogens is 2. The number of amides is 1. The Labute approximate surface area is 133 Å². The van der Waals surface area contributed by atoms with E-state index in [0.717, 1.165) is 16.8 Å². The van der Waals surface area contributed by atoms with Gasteiger partial charge in [-0.2, -0.15) is 0 Å². The topological polar surface area (TPSA) is 29.5 Å². The molecule has 1 unspecified atom stereocenters. The molecular weight excluding hydrogens is 309 g/mol. The van der Waals surface area contributed by atoms with Gasteiger partial charge in [0.15, 0.2) is 0 Å². The maximum Gasteiger partial charge on any atom is 0.249 e. The van der Waals surface area contributed by atoms with E-state index in [1.807, 2.05) is 30.3 Å². The van der Waals surface area contributed by atoms with Gasteiger partial charge in [-0.3, -0.25) is 4.79 Å². The molecule has 0 spiro atoms. The van der Waals surface area contributed by atoms with E-state index in [1.54, 1.807) is 24.1 Å². The Hall–Kier alpha value is -1.71. The van der Waals surface area contributed by atoms with Crippen LogP contribution in [-0.2, 0) is 11.3 Å². The number of benzene rings is 2. The number of anilines is 1. The Bertz CT molecular complexity index is 702. The third-order valence-corrected chi connectivity index (χ3v) is 4.22. The lowest BCUT2D eigenvalue weighted by Gasteiger charge is -2.19. The van der Waals surface area contributed by atoms with Crippen molar-refractivity contribution in [1.82, 2.24) is 0 Å². The van der Waals surface area contributed by atoms with Crippen LogP contribution in [0.3, 0.4) is 0 Å². The van der Waals surface area contributed by atoms with Crippen LogP contribution >= 0.6 is 23.2 Å². The molecule has 5 heteroatoms. The Morgan fingerprint density at radius 3 is 2.76 bits per heavy atom. The van der Waals surface area contributed by atoms with Gasteiger partial charge in [-0.05, 0) is 18.2 Å². The highest BCUT2D eigenvalue weighted by atomic mass is 35.5. The molecule has 1 aliphatic heterocycles. The number of alkyl halides is 1. The van der Waals surface area contributed by atoms with Crippen molar-refractivity contribution in [3.63, 3.8) is 0 Å². The van der Waals surface area contributed by atoms with Crippen LogP contribution in [0.5, 0.6) is 5.75 Å². The maximum atomic E-state index is 12.4. The lowest BCUT2D eigenvalue weighted by molar-refractivity contribution is -0.117. The quantitative estimate of drug-likeness (QED) is 0.794. The van der Waals surface area contributed by atoms with Crippen molar-refractivity contribution in [1.29, 1.82) is 0 Å². The van der Waals surface area contributed by atoms with Crippen molar-refractivity contribution in [2.24, 2.45) is 0 Å².